The van der Waals surface area contributed by atoms with Crippen molar-refractivity contribution in [3.63, 3.8) is 0 Å². The molecule has 21 heavy (non-hydrogen) atoms. The van der Waals surface area contributed by atoms with Gasteiger partial charge in [0.05, 0.1) is 18.3 Å². The first-order chi connectivity index (χ1) is 10.1. The molecule has 0 saturated heterocycles. The van der Waals surface area contributed by atoms with Crippen molar-refractivity contribution >= 4 is 10.0 Å². The molecule has 2 bridgehead atoms. The van der Waals surface area contributed by atoms with Gasteiger partial charge in [-0.05, 0) is 55.2 Å². The molecule has 0 spiro atoms. The summed E-state index contributed by atoms with van der Waals surface area (Å²) in [6.45, 7) is 0. The summed E-state index contributed by atoms with van der Waals surface area (Å²) in [6, 6.07) is 8.57. The normalized spacial score (nSPS) is 31.9. The number of methoxy groups -OCH3 is 1. The molecule has 2 saturated carbocycles. The second kappa shape index (κ2) is 5.81. The van der Waals surface area contributed by atoms with Crippen LogP contribution in [0.15, 0.2) is 47.6 Å². The van der Waals surface area contributed by atoms with E-state index in [4.69, 9.17) is 4.74 Å². The van der Waals surface area contributed by atoms with Gasteiger partial charge in [0.15, 0.2) is 0 Å². The Balaban J connectivity index is 1.81. The number of ether oxygens (including phenoxy) is 1. The average molecular weight is 307 g/mol. The molecular weight excluding hydrogens is 286 g/mol. The molecule has 3 rings (SSSR count). The fraction of sp³-hybridized carbons (Fsp3) is 0.500. The smallest absolute Gasteiger partial charge is 0.240 e. The molecule has 2 fully saturated rings. The summed E-state index contributed by atoms with van der Waals surface area (Å²) in [5, 5.41) is 0. The van der Waals surface area contributed by atoms with Crippen LogP contribution in [0.2, 0.25) is 0 Å². The molecule has 2 aliphatic rings. The number of fused-ring (bicyclic) bond motifs is 2. The molecule has 4 nitrogen and oxygen atoms in total. The van der Waals surface area contributed by atoms with Gasteiger partial charge in [-0.3, -0.25) is 0 Å². The van der Waals surface area contributed by atoms with Crippen molar-refractivity contribution in [1.29, 1.82) is 0 Å². The maximum Gasteiger partial charge on any atom is 0.240 e. The number of benzene rings is 1. The lowest BCUT2D eigenvalue weighted by atomic mass is 9.85. The van der Waals surface area contributed by atoms with E-state index in [1.165, 1.54) is 6.42 Å². The molecule has 2 aliphatic carbocycles. The van der Waals surface area contributed by atoms with Crippen molar-refractivity contribution in [3.8, 4) is 0 Å². The highest BCUT2D eigenvalue weighted by Crippen LogP contribution is 2.49. The van der Waals surface area contributed by atoms with E-state index in [1.54, 1.807) is 37.6 Å². The lowest BCUT2D eigenvalue weighted by Crippen LogP contribution is -2.43. The average Bonchev–Trinajstić information content (AvgIpc) is 3.07. The van der Waals surface area contributed by atoms with Crippen LogP contribution in [0.3, 0.4) is 0 Å². The fourth-order valence-electron chi connectivity index (χ4n) is 3.80. The van der Waals surface area contributed by atoms with Gasteiger partial charge in [-0.15, -0.1) is 0 Å². The highest BCUT2D eigenvalue weighted by atomic mass is 32.2. The Morgan fingerprint density at radius 1 is 1.19 bits per heavy atom. The molecule has 0 radical (unpaired) electrons. The number of nitrogens with one attached hydrogen (secondary N) is 1. The first-order valence-electron chi connectivity index (χ1n) is 7.38. The van der Waals surface area contributed by atoms with Crippen LogP contribution in [-0.2, 0) is 14.8 Å². The third-order valence-electron chi connectivity index (χ3n) is 4.76. The van der Waals surface area contributed by atoms with E-state index in [0.717, 1.165) is 12.8 Å². The molecule has 0 amide bonds. The van der Waals surface area contributed by atoms with E-state index in [2.05, 4.69) is 4.72 Å². The Morgan fingerprint density at radius 2 is 1.90 bits per heavy atom. The van der Waals surface area contributed by atoms with Gasteiger partial charge in [0.2, 0.25) is 10.0 Å². The van der Waals surface area contributed by atoms with Crippen molar-refractivity contribution in [1.82, 2.24) is 4.72 Å². The van der Waals surface area contributed by atoms with Gasteiger partial charge < -0.3 is 4.74 Å². The van der Waals surface area contributed by atoms with Crippen LogP contribution >= 0.6 is 0 Å². The monoisotopic (exact) mass is 307 g/mol. The third kappa shape index (κ3) is 2.85. The van der Waals surface area contributed by atoms with Gasteiger partial charge in [-0.1, -0.05) is 18.2 Å². The molecule has 114 valence electrons. The summed E-state index contributed by atoms with van der Waals surface area (Å²) in [5.41, 5.74) is 0. The first kappa shape index (κ1) is 14.6. The van der Waals surface area contributed by atoms with Gasteiger partial charge in [-0.25, -0.2) is 13.1 Å². The predicted octanol–water partition coefficient (Wildman–Crippen LogP) is 2.54. The van der Waals surface area contributed by atoms with Crippen molar-refractivity contribution < 1.29 is 13.2 Å². The zero-order valence-electron chi connectivity index (χ0n) is 12.1. The van der Waals surface area contributed by atoms with Crippen molar-refractivity contribution in [3.05, 3.63) is 42.7 Å². The lowest BCUT2D eigenvalue weighted by Gasteiger charge is -2.29. The number of sulfonamides is 1. The SMILES string of the molecule is COC=CC1C2CCC(C2)C1NS(=O)(=O)c1ccccc1. The van der Waals surface area contributed by atoms with Crippen LogP contribution < -0.4 is 4.72 Å². The topological polar surface area (TPSA) is 55.4 Å². The van der Waals surface area contributed by atoms with Crippen molar-refractivity contribution in [2.45, 2.75) is 30.2 Å². The Kier molecular flexibility index (Phi) is 4.04. The summed E-state index contributed by atoms with van der Waals surface area (Å²) in [4.78, 5) is 0.335. The Bertz CT molecular complexity index is 612. The number of rotatable bonds is 5. The highest BCUT2D eigenvalue weighted by molar-refractivity contribution is 7.89. The largest absolute Gasteiger partial charge is 0.505 e. The second-order valence-corrected chi connectivity index (χ2v) is 7.65. The van der Waals surface area contributed by atoms with Gasteiger partial charge in [0.1, 0.15) is 0 Å². The van der Waals surface area contributed by atoms with Crippen LogP contribution in [0.1, 0.15) is 19.3 Å². The maximum atomic E-state index is 12.5. The molecule has 1 N–H and O–H groups in total. The molecule has 1 aromatic carbocycles. The van der Waals surface area contributed by atoms with E-state index in [-0.39, 0.29) is 12.0 Å². The lowest BCUT2D eigenvalue weighted by molar-refractivity contribution is 0.299. The van der Waals surface area contributed by atoms with Gasteiger partial charge in [0.25, 0.3) is 0 Å². The van der Waals surface area contributed by atoms with E-state index in [0.29, 0.717) is 16.7 Å². The molecule has 5 heteroatoms. The summed E-state index contributed by atoms with van der Waals surface area (Å²) in [6.07, 6.45) is 7.11. The summed E-state index contributed by atoms with van der Waals surface area (Å²) in [5.74, 6) is 1.26. The standard InChI is InChI=1S/C16H21NO3S/c1-20-10-9-15-12-7-8-13(11-12)16(15)17-21(18,19)14-5-3-2-4-6-14/h2-6,9-10,12-13,15-17H,7-8,11H2,1H3. The van der Waals surface area contributed by atoms with Crippen molar-refractivity contribution in [2.24, 2.45) is 17.8 Å². The Hall–Kier alpha value is -1.33. The van der Waals surface area contributed by atoms with Gasteiger partial charge >= 0.3 is 0 Å². The van der Waals surface area contributed by atoms with E-state index in [1.807, 2.05) is 12.1 Å². The minimum atomic E-state index is -3.45. The summed E-state index contributed by atoms with van der Waals surface area (Å²) >= 11 is 0. The molecular formula is C16H21NO3S. The van der Waals surface area contributed by atoms with Gasteiger partial charge in [0, 0.05) is 6.04 Å². The van der Waals surface area contributed by atoms with Crippen LogP contribution in [0.4, 0.5) is 0 Å². The highest BCUT2D eigenvalue weighted by Gasteiger charge is 2.47. The number of hydrogen-bond donors (Lipinski definition) is 1. The Morgan fingerprint density at radius 3 is 2.62 bits per heavy atom. The minimum Gasteiger partial charge on any atom is -0.505 e. The van der Waals surface area contributed by atoms with Crippen LogP contribution in [0.5, 0.6) is 0 Å². The third-order valence-corrected chi connectivity index (χ3v) is 6.24. The quantitative estimate of drug-likeness (QED) is 0.851. The molecule has 0 heterocycles. The van der Waals surface area contributed by atoms with E-state index < -0.39 is 10.0 Å². The summed E-state index contributed by atoms with van der Waals surface area (Å²) in [7, 11) is -1.83. The van der Waals surface area contributed by atoms with Gasteiger partial charge in [-0.2, -0.15) is 0 Å². The zero-order valence-corrected chi connectivity index (χ0v) is 12.9. The van der Waals surface area contributed by atoms with E-state index >= 15 is 0 Å². The summed E-state index contributed by atoms with van der Waals surface area (Å²) < 4.78 is 33.0. The molecule has 4 unspecified atom stereocenters. The number of hydrogen-bond acceptors (Lipinski definition) is 3. The molecule has 0 aromatic heterocycles. The second-order valence-electron chi connectivity index (χ2n) is 5.93. The molecule has 0 aliphatic heterocycles. The minimum absolute atomic E-state index is 0.0136. The fourth-order valence-corrected chi connectivity index (χ4v) is 5.16. The van der Waals surface area contributed by atoms with Crippen LogP contribution in [0, 0.1) is 17.8 Å². The first-order valence-corrected chi connectivity index (χ1v) is 8.87. The predicted molar refractivity (Wildman–Crippen MR) is 81.0 cm³/mol. The maximum absolute atomic E-state index is 12.5. The molecule has 4 atom stereocenters. The molecule has 1 aromatic rings. The van der Waals surface area contributed by atoms with E-state index in [9.17, 15) is 8.42 Å². The Labute approximate surface area is 126 Å². The zero-order chi connectivity index (χ0) is 14.9. The van der Waals surface area contributed by atoms with Crippen LogP contribution in [-0.4, -0.2) is 21.6 Å². The van der Waals surface area contributed by atoms with Crippen LogP contribution in [0.25, 0.3) is 0 Å². The van der Waals surface area contributed by atoms with Crippen molar-refractivity contribution in [2.75, 3.05) is 7.11 Å².